The summed E-state index contributed by atoms with van der Waals surface area (Å²) < 4.78 is 6.74. The van der Waals surface area contributed by atoms with Gasteiger partial charge in [-0.25, -0.2) is 0 Å². The third kappa shape index (κ3) is 3.38. The molecule has 1 heterocycles. The third-order valence-corrected chi connectivity index (χ3v) is 4.33. The molecule has 0 atom stereocenters. The van der Waals surface area contributed by atoms with Gasteiger partial charge in [-0.2, -0.15) is 0 Å². The number of hydrogen-bond donors (Lipinski definition) is 0. The van der Waals surface area contributed by atoms with Gasteiger partial charge in [-0.15, -0.1) is 11.3 Å². The fourth-order valence-electron chi connectivity index (χ4n) is 2.26. The van der Waals surface area contributed by atoms with Crippen LogP contribution in [0.15, 0.2) is 60.0 Å². The fourth-order valence-corrected chi connectivity index (χ4v) is 3.22. The fraction of sp³-hybridized carbons (Fsp3) is 0.167. The van der Waals surface area contributed by atoms with Crippen LogP contribution in [0.3, 0.4) is 0 Å². The Kier molecular flexibility index (Phi) is 4.43. The van der Waals surface area contributed by atoms with Crippen LogP contribution in [0, 0.1) is 0 Å². The second kappa shape index (κ2) is 6.66. The summed E-state index contributed by atoms with van der Waals surface area (Å²) in [6.45, 7) is 1.01. The molecule has 0 saturated heterocycles. The zero-order valence-corrected chi connectivity index (χ0v) is 12.4. The van der Waals surface area contributed by atoms with E-state index in [2.05, 4.69) is 0 Å². The third-order valence-electron chi connectivity index (χ3n) is 3.37. The van der Waals surface area contributed by atoms with Crippen molar-refractivity contribution in [3.8, 4) is 0 Å². The topological polar surface area (TPSA) is 26.3 Å². The lowest BCUT2D eigenvalue weighted by molar-refractivity contribution is 0.0850. The van der Waals surface area contributed by atoms with Gasteiger partial charge in [-0.3, -0.25) is 4.79 Å². The van der Waals surface area contributed by atoms with Crippen molar-refractivity contribution < 1.29 is 9.53 Å². The number of thiophene rings is 1. The summed E-state index contributed by atoms with van der Waals surface area (Å²) in [7, 11) is 0. The van der Waals surface area contributed by atoms with Gasteiger partial charge in [0.05, 0.1) is 13.2 Å². The minimum atomic E-state index is 0.153. The number of carbonyl (C=O) groups is 1. The number of ether oxygens (including phenoxy) is 1. The van der Waals surface area contributed by atoms with Gasteiger partial charge in [0.15, 0.2) is 5.78 Å². The molecule has 0 aliphatic heterocycles. The molecule has 0 unspecified atom stereocenters. The minimum Gasteiger partial charge on any atom is -0.376 e. The van der Waals surface area contributed by atoms with Crippen LogP contribution in [0.4, 0.5) is 0 Å². The summed E-state index contributed by atoms with van der Waals surface area (Å²) in [6, 6.07) is 18.0. The average Bonchev–Trinajstić information content (AvgIpc) is 2.96. The van der Waals surface area contributed by atoms with Gasteiger partial charge < -0.3 is 4.74 Å². The molecule has 0 saturated carbocycles. The Morgan fingerprint density at radius 2 is 1.76 bits per heavy atom. The maximum absolute atomic E-state index is 12.3. The maximum atomic E-state index is 12.3. The van der Waals surface area contributed by atoms with E-state index < -0.39 is 0 Å². The molecule has 0 aliphatic carbocycles. The monoisotopic (exact) mass is 296 g/mol. The molecule has 0 fully saturated rings. The molecule has 106 valence electrons. The lowest BCUT2D eigenvalue weighted by Crippen LogP contribution is -2.04. The highest BCUT2D eigenvalue weighted by Gasteiger charge is 2.11. The van der Waals surface area contributed by atoms with Gasteiger partial charge in [0.1, 0.15) is 0 Å². The summed E-state index contributed by atoms with van der Waals surface area (Å²) in [4.78, 5) is 12.3. The maximum Gasteiger partial charge on any atom is 0.166 e. The minimum absolute atomic E-state index is 0.153. The molecular weight excluding hydrogens is 280 g/mol. The molecule has 0 N–H and O–H groups in total. The van der Waals surface area contributed by atoms with E-state index in [1.807, 2.05) is 60.0 Å². The van der Waals surface area contributed by atoms with Crippen LogP contribution in [-0.4, -0.2) is 12.4 Å². The van der Waals surface area contributed by atoms with Gasteiger partial charge in [-0.05, 0) is 11.6 Å². The molecule has 21 heavy (non-hydrogen) atoms. The smallest absolute Gasteiger partial charge is 0.166 e. The van der Waals surface area contributed by atoms with Gasteiger partial charge in [0.2, 0.25) is 0 Å². The lowest BCUT2D eigenvalue weighted by Gasteiger charge is -2.04. The Hall–Kier alpha value is -1.97. The summed E-state index contributed by atoms with van der Waals surface area (Å²) >= 11 is 1.62. The molecule has 2 nitrogen and oxygen atoms in total. The molecule has 1 aromatic heterocycles. The number of Topliss-reactive ketones (excluding diaryl/α,β-unsaturated/α-hetero) is 1. The van der Waals surface area contributed by atoms with E-state index in [0.29, 0.717) is 19.6 Å². The first kappa shape index (κ1) is 14.0. The zero-order chi connectivity index (χ0) is 14.5. The number of benzene rings is 2. The van der Waals surface area contributed by atoms with E-state index in [1.54, 1.807) is 11.3 Å². The van der Waals surface area contributed by atoms with Crippen LogP contribution in [-0.2, 0) is 11.3 Å². The van der Waals surface area contributed by atoms with Crippen molar-refractivity contribution in [1.82, 2.24) is 0 Å². The lowest BCUT2D eigenvalue weighted by atomic mass is 10.1. The van der Waals surface area contributed by atoms with Crippen LogP contribution in [0.5, 0.6) is 0 Å². The van der Waals surface area contributed by atoms with Gasteiger partial charge in [0, 0.05) is 27.5 Å². The second-order valence-corrected chi connectivity index (χ2v) is 5.77. The van der Waals surface area contributed by atoms with Gasteiger partial charge in [-0.1, -0.05) is 48.5 Å². The normalized spacial score (nSPS) is 10.9. The molecule has 3 heteroatoms. The van der Waals surface area contributed by atoms with Crippen LogP contribution in [0.1, 0.15) is 22.3 Å². The van der Waals surface area contributed by atoms with E-state index in [-0.39, 0.29) is 5.78 Å². The Balaban J connectivity index is 1.55. The Morgan fingerprint density at radius 1 is 1.00 bits per heavy atom. The molecule has 0 amide bonds. The molecule has 0 radical (unpaired) electrons. The molecule has 0 bridgehead atoms. The second-order valence-electron chi connectivity index (χ2n) is 4.86. The Morgan fingerprint density at radius 3 is 2.62 bits per heavy atom. The number of ketones is 1. The van der Waals surface area contributed by atoms with E-state index in [9.17, 15) is 4.79 Å². The number of rotatable bonds is 6. The van der Waals surface area contributed by atoms with Crippen molar-refractivity contribution >= 4 is 27.2 Å². The summed E-state index contributed by atoms with van der Waals surface area (Å²) in [6.07, 6.45) is 0.424. The van der Waals surface area contributed by atoms with E-state index >= 15 is 0 Å². The molecule has 0 spiro atoms. The van der Waals surface area contributed by atoms with Crippen molar-refractivity contribution in [2.75, 3.05) is 6.61 Å². The van der Waals surface area contributed by atoms with Crippen molar-refractivity contribution in [3.05, 3.63) is 71.1 Å². The predicted octanol–water partition coefficient (Wildman–Crippen LogP) is 4.69. The van der Waals surface area contributed by atoms with Gasteiger partial charge in [0.25, 0.3) is 0 Å². The van der Waals surface area contributed by atoms with Crippen molar-refractivity contribution in [2.45, 2.75) is 13.0 Å². The Bertz CT molecular complexity index is 731. The summed E-state index contributed by atoms with van der Waals surface area (Å²) in [5, 5.41) is 3.00. The number of fused-ring (bicyclic) bond motifs is 1. The highest BCUT2D eigenvalue weighted by molar-refractivity contribution is 7.17. The molecule has 3 rings (SSSR count). The summed E-state index contributed by atoms with van der Waals surface area (Å²) in [5.74, 6) is 0.153. The van der Waals surface area contributed by atoms with E-state index in [0.717, 1.165) is 21.2 Å². The first-order chi connectivity index (χ1) is 10.3. The quantitative estimate of drug-likeness (QED) is 0.487. The standard InChI is InChI=1S/C18H16O2S/c19-17(10-11-20-12-14-6-2-1-3-7-14)16-13-21-18-9-5-4-8-15(16)18/h1-9,13H,10-12H2. The van der Waals surface area contributed by atoms with Crippen LogP contribution < -0.4 is 0 Å². The van der Waals surface area contributed by atoms with Crippen LogP contribution in [0.2, 0.25) is 0 Å². The molecule has 2 aromatic carbocycles. The first-order valence-corrected chi connectivity index (χ1v) is 7.83. The van der Waals surface area contributed by atoms with Crippen LogP contribution >= 0.6 is 11.3 Å². The SMILES string of the molecule is O=C(CCOCc1ccccc1)c1csc2ccccc12. The first-order valence-electron chi connectivity index (χ1n) is 6.96. The average molecular weight is 296 g/mol. The van der Waals surface area contributed by atoms with E-state index in [4.69, 9.17) is 4.74 Å². The largest absolute Gasteiger partial charge is 0.376 e. The zero-order valence-electron chi connectivity index (χ0n) is 11.6. The van der Waals surface area contributed by atoms with Crippen molar-refractivity contribution in [3.63, 3.8) is 0 Å². The van der Waals surface area contributed by atoms with Crippen molar-refractivity contribution in [1.29, 1.82) is 0 Å². The highest BCUT2D eigenvalue weighted by Crippen LogP contribution is 2.26. The van der Waals surface area contributed by atoms with E-state index in [1.165, 1.54) is 0 Å². The number of hydrogen-bond acceptors (Lipinski definition) is 3. The summed E-state index contributed by atoms with van der Waals surface area (Å²) in [5.41, 5.74) is 1.95. The van der Waals surface area contributed by atoms with Crippen molar-refractivity contribution in [2.24, 2.45) is 0 Å². The molecule has 3 aromatic rings. The number of carbonyl (C=O) groups excluding carboxylic acids is 1. The molecular formula is C18H16O2S. The van der Waals surface area contributed by atoms with Crippen LogP contribution in [0.25, 0.3) is 10.1 Å². The molecule has 0 aliphatic rings. The van der Waals surface area contributed by atoms with Gasteiger partial charge >= 0.3 is 0 Å². The predicted molar refractivity (Wildman–Crippen MR) is 86.9 cm³/mol. The highest BCUT2D eigenvalue weighted by atomic mass is 32.1. The Labute approximate surface area is 128 Å².